The topological polar surface area (TPSA) is 0 Å². The standard InChI is InChI=1S/C10H20S/c1-9(6-5-7-11)8-10(2,3)4/h7,9H,5-6,8H2,1-4H3. The first-order valence-corrected chi connectivity index (χ1v) is 4.86. The third kappa shape index (κ3) is 7.99. The lowest BCUT2D eigenvalue weighted by Gasteiger charge is -2.22. The van der Waals surface area contributed by atoms with Gasteiger partial charge in [0.25, 0.3) is 0 Å². The highest BCUT2D eigenvalue weighted by Crippen LogP contribution is 2.26. The molecule has 0 aromatic carbocycles. The Hall–Kier alpha value is 0.0900. The van der Waals surface area contributed by atoms with Gasteiger partial charge < -0.3 is 0 Å². The van der Waals surface area contributed by atoms with E-state index in [1.807, 2.05) is 5.37 Å². The second-order valence-corrected chi connectivity index (χ2v) is 4.95. The Labute approximate surface area is 76.4 Å². The van der Waals surface area contributed by atoms with Crippen LogP contribution in [0.2, 0.25) is 0 Å². The summed E-state index contributed by atoms with van der Waals surface area (Å²) in [6, 6.07) is 0. The minimum atomic E-state index is 0.473. The number of thiocarbonyl (C=S) groups is 1. The lowest BCUT2D eigenvalue weighted by Crippen LogP contribution is -2.10. The fourth-order valence-electron chi connectivity index (χ4n) is 1.50. The molecule has 1 atom stereocenters. The van der Waals surface area contributed by atoms with Crippen molar-refractivity contribution in [1.29, 1.82) is 0 Å². The van der Waals surface area contributed by atoms with Crippen LogP contribution in [0.5, 0.6) is 0 Å². The van der Waals surface area contributed by atoms with Gasteiger partial charge in [-0.05, 0) is 36.0 Å². The summed E-state index contributed by atoms with van der Waals surface area (Å²) in [7, 11) is 0. The second-order valence-electron chi connectivity index (χ2n) is 4.61. The molecule has 0 nitrogen and oxygen atoms in total. The molecule has 0 fully saturated rings. The molecule has 11 heavy (non-hydrogen) atoms. The Balaban J connectivity index is 3.51. The maximum Gasteiger partial charge on any atom is -0.0210 e. The quantitative estimate of drug-likeness (QED) is 0.581. The first-order chi connectivity index (χ1) is 4.95. The summed E-state index contributed by atoms with van der Waals surface area (Å²) in [6.07, 6.45) is 3.64. The van der Waals surface area contributed by atoms with Crippen LogP contribution in [0.3, 0.4) is 0 Å². The van der Waals surface area contributed by atoms with Gasteiger partial charge in [-0.3, -0.25) is 0 Å². The van der Waals surface area contributed by atoms with E-state index in [0.29, 0.717) is 5.41 Å². The lowest BCUT2D eigenvalue weighted by molar-refractivity contribution is 0.299. The highest BCUT2D eigenvalue weighted by Gasteiger charge is 2.14. The van der Waals surface area contributed by atoms with E-state index in [9.17, 15) is 0 Å². The molecule has 1 heteroatoms. The predicted molar refractivity (Wildman–Crippen MR) is 56.1 cm³/mol. The van der Waals surface area contributed by atoms with Crippen LogP contribution in [0.4, 0.5) is 0 Å². The summed E-state index contributed by atoms with van der Waals surface area (Å²) in [4.78, 5) is 0. The fraction of sp³-hybridized carbons (Fsp3) is 0.900. The average Bonchev–Trinajstić information content (AvgIpc) is 1.79. The molecule has 0 saturated heterocycles. The van der Waals surface area contributed by atoms with Gasteiger partial charge in [-0.1, -0.05) is 39.9 Å². The van der Waals surface area contributed by atoms with Gasteiger partial charge in [-0.2, -0.15) is 0 Å². The predicted octanol–water partition coefficient (Wildman–Crippen LogP) is 3.84. The number of hydrogen-bond donors (Lipinski definition) is 0. The van der Waals surface area contributed by atoms with Gasteiger partial charge in [0.15, 0.2) is 0 Å². The summed E-state index contributed by atoms with van der Waals surface area (Å²) >= 11 is 4.79. The largest absolute Gasteiger partial charge is 0.0935 e. The molecule has 1 unspecified atom stereocenters. The highest BCUT2D eigenvalue weighted by atomic mass is 32.1. The van der Waals surface area contributed by atoms with Crippen LogP contribution in [0.25, 0.3) is 0 Å². The molecule has 0 rings (SSSR count). The summed E-state index contributed by atoms with van der Waals surface area (Å²) in [5.41, 5.74) is 0.473. The molecule has 0 aliphatic rings. The number of rotatable bonds is 4. The van der Waals surface area contributed by atoms with Crippen molar-refractivity contribution >= 4 is 17.6 Å². The Morgan fingerprint density at radius 1 is 1.36 bits per heavy atom. The Morgan fingerprint density at radius 3 is 2.27 bits per heavy atom. The van der Waals surface area contributed by atoms with Crippen LogP contribution in [-0.2, 0) is 0 Å². The molecular formula is C10H20S. The van der Waals surface area contributed by atoms with Crippen molar-refractivity contribution in [3.63, 3.8) is 0 Å². The van der Waals surface area contributed by atoms with Gasteiger partial charge in [0, 0.05) is 0 Å². The van der Waals surface area contributed by atoms with Gasteiger partial charge >= 0.3 is 0 Å². The van der Waals surface area contributed by atoms with Crippen LogP contribution in [0.1, 0.15) is 47.0 Å². The van der Waals surface area contributed by atoms with Crippen molar-refractivity contribution in [2.45, 2.75) is 47.0 Å². The Kier molecular flexibility index (Phi) is 4.91. The molecule has 0 amide bonds. The van der Waals surface area contributed by atoms with Crippen LogP contribution >= 0.6 is 12.2 Å². The molecule has 0 aromatic heterocycles. The van der Waals surface area contributed by atoms with E-state index in [1.165, 1.54) is 12.8 Å². The van der Waals surface area contributed by atoms with Crippen LogP contribution in [-0.4, -0.2) is 5.37 Å². The van der Waals surface area contributed by atoms with Crippen molar-refractivity contribution < 1.29 is 0 Å². The third-order valence-electron chi connectivity index (χ3n) is 1.74. The average molecular weight is 172 g/mol. The SMILES string of the molecule is CC(CCC=S)CC(C)(C)C. The molecule has 0 N–H and O–H groups in total. The zero-order valence-electron chi connectivity index (χ0n) is 8.18. The Morgan fingerprint density at radius 2 is 1.91 bits per heavy atom. The van der Waals surface area contributed by atoms with E-state index in [0.717, 1.165) is 12.3 Å². The zero-order chi connectivity index (χ0) is 8.91. The summed E-state index contributed by atoms with van der Waals surface area (Å²) in [6.45, 7) is 9.19. The van der Waals surface area contributed by atoms with E-state index in [-0.39, 0.29) is 0 Å². The van der Waals surface area contributed by atoms with Crippen molar-refractivity contribution in [2.75, 3.05) is 0 Å². The molecular weight excluding hydrogens is 152 g/mol. The molecule has 0 saturated carbocycles. The second kappa shape index (κ2) is 4.87. The van der Waals surface area contributed by atoms with E-state index in [2.05, 4.69) is 27.7 Å². The fourth-order valence-corrected chi connectivity index (χ4v) is 1.64. The number of hydrogen-bond acceptors (Lipinski definition) is 1. The smallest absolute Gasteiger partial charge is 0.0210 e. The minimum Gasteiger partial charge on any atom is -0.0935 e. The summed E-state index contributed by atoms with van der Waals surface area (Å²) < 4.78 is 0. The molecule has 0 bridgehead atoms. The molecule has 0 heterocycles. The van der Waals surface area contributed by atoms with Gasteiger partial charge in [0.1, 0.15) is 0 Å². The normalized spacial score (nSPS) is 14.5. The summed E-state index contributed by atoms with van der Waals surface area (Å²) in [5.74, 6) is 0.814. The zero-order valence-corrected chi connectivity index (χ0v) is 9.00. The third-order valence-corrected chi connectivity index (χ3v) is 1.97. The van der Waals surface area contributed by atoms with Gasteiger partial charge in [0.2, 0.25) is 0 Å². The maximum absolute atomic E-state index is 4.79. The van der Waals surface area contributed by atoms with Crippen LogP contribution < -0.4 is 0 Å². The molecule has 66 valence electrons. The van der Waals surface area contributed by atoms with Crippen molar-refractivity contribution in [3.8, 4) is 0 Å². The van der Waals surface area contributed by atoms with Gasteiger partial charge in [0.05, 0.1) is 0 Å². The van der Waals surface area contributed by atoms with E-state index in [1.54, 1.807) is 0 Å². The molecule has 0 radical (unpaired) electrons. The summed E-state index contributed by atoms with van der Waals surface area (Å²) in [5, 5.41) is 1.85. The van der Waals surface area contributed by atoms with Crippen LogP contribution in [0.15, 0.2) is 0 Å². The Bertz CT molecular complexity index is 111. The first kappa shape index (κ1) is 11.1. The monoisotopic (exact) mass is 172 g/mol. The first-order valence-electron chi connectivity index (χ1n) is 4.39. The van der Waals surface area contributed by atoms with Crippen LogP contribution in [0, 0.1) is 11.3 Å². The maximum atomic E-state index is 4.79. The van der Waals surface area contributed by atoms with Crippen molar-refractivity contribution in [1.82, 2.24) is 0 Å². The van der Waals surface area contributed by atoms with Crippen molar-refractivity contribution in [2.24, 2.45) is 11.3 Å². The van der Waals surface area contributed by atoms with Gasteiger partial charge in [-0.25, -0.2) is 0 Å². The molecule has 0 aliphatic carbocycles. The lowest BCUT2D eigenvalue weighted by atomic mass is 9.84. The van der Waals surface area contributed by atoms with Gasteiger partial charge in [-0.15, -0.1) is 0 Å². The van der Waals surface area contributed by atoms with Crippen molar-refractivity contribution in [3.05, 3.63) is 0 Å². The molecule has 0 aliphatic heterocycles. The molecule has 0 aromatic rings. The van der Waals surface area contributed by atoms with E-state index in [4.69, 9.17) is 12.2 Å². The molecule has 0 spiro atoms. The minimum absolute atomic E-state index is 0.473. The van der Waals surface area contributed by atoms with E-state index < -0.39 is 0 Å². The van der Waals surface area contributed by atoms with E-state index >= 15 is 0 Å². The highest BCUT2D eigenvalue weighted by molar-refractivity contribution is 7.78.